The number of fused-ring (bicyclic) bond motifs is 1. The molecule has 0 bridgehead atoms. The molecule has 0 aromatic heterocycles. The summed E-state index contributed by atoms with van der Waals surface area (Å²) in [6.07, 6.45) is 4.12. The van der Waals surface area contributed by atoms with E-state index < -0.39 is 0 Å². The van der Waals surface area contributed by atoms with Gasteiger partial charge in [-0.3, -0.25) is 4.79 Å². The fourth-order valence-corrected chi connectivity index (χ4v) is 4.15. The Kier molecular flexibility index (Phi) is 4.83. The van der Waals surface area contributed by atoms with Crippen LogP contribution in [0.2, 0.25) is 0 Å². The molecular weight excluding hydrogens is 322 g/mol. The van der Waals surface area contributed by atoms with Crippen LogP contribution in [0.3, 0.4) is 0 Å². The lowest BCUT2D eigenvalue weighted by atomic mass is 10.1. The van der Waals surface area contributed by atoms with Gasteiger partial charge in [-0.15, -0.1) is 0 Å². The van der Waals surface area contributed by atoms with E-state index in [0.29, 0.717) is 12.5 Å². The van der Waals surface area contributed by atoms with Gasteiger partial charge in [0.2, 0.25) is 5.91 Å². The summed E-state index contributed by atoms with van der Waals surface area (Å²) in [6, 6.07) is 17.2. The molecule has 136 valence electrons. The van der Waals surface area contributed by atoms with Crippen molar-refractivity contribution in [2.75, 3.05) is 34.8 Å². The second-order valence-corrected chi connectivity index (χ2v) is 7.41. The van der Waals surface area contributed by atoms with E-state index >= 15 is 0 Å². The van der Waals surface area contributed by atoms with Crippen LogP contribution in [0.5, 0.6) is 0 Å². The zero-order valence-electron chi connectivity index (χ0n) is 15.4. The molecule has 2 aromatic rings. The first-order chi connectivity index (χ1) is 12.7. The van der Waals surface area contributed by atoms with Crippen LogP contribution in [0.4, 0.5) is 17.1 Å². The minimum atomic E-state index is 0.0792. The predicted octanol–water partition coefficient (Wildman–Crippen LogP) is 4.07. The Hall–Kier alpha value is -2.49. The SMILES string of the molecule is CC1Cc2ccccc2N1CCC(=O)Nc1ccc(N2CCCC2)cc1. The minimum absolute atomic E-state index is 0.0792. The number of carbonyl (C=O) groups excluding carboxylic acids is 1. The van der Waals surface area contributed by atoms with E-state index in [1.165, 1.54) is 29.8 Å². The van der Waals surface area contributed by atoms with Crippen molar-refractivity contribution in [2.45, 2.75) is 38.6 Å². The Morgan fingerprint density at radius 2 is 1.81 bits per heavy atom. The Morgan fingerprint density at radius 3 is 2.58 bits per heavy atom. The molecule has 1 fully saturated rings. The maximum absolute atomic E-state index is 12.4. The Bertz CT molecular complexity index is 765. The average molecular weight is 349 g/mol. The molecule has 4 nitrogen and oxygen atoms in total. The summed E-state index contributed by atoms with van der Waals surface area (Å²) in [5.74, 6) is 0.0792. The molecule has 2 aliphatic heterocycles. The molecule has 26 heavy (non-hydrogen) atoms. The van der Waals surface area contributed by atoms with Gasteiger partial charge in [-0.25, -0.2) is 0 Å². The van der Waals surface area contributed by atoms with Gasteiger partial charge >= 0.3 is 0 Å². The molecule has 1 saturated heterocycles. The van der Waals surface area contributed by atoms with Gasteiger partial charge in [-0.2, -0.15) is 0 Å². The molecule has 2 aliphatic rings. The zero-order valence-corrected chi connectivity index (χ0v) is 15.4. The number of amides is 1. The highest BCUT2D eigenvalue weighted by molar-refractivity contribution is 5.91. The van der Waals surface area contributed by atoms with Crippen molar-refractivity contribution in [1.29, 1.82) is 0 Å². The van der Waals surface area contributed by atoms with Crippen LogP contribution in [-0.4, -0.2) is 31.6 Å². The topological polar surface area (TPSA) is 35.6 Å². The average Bonchev–Trinajstić information content (AvgIpc) is 3.28. The van der Waals surface area contributed by atoms with Gasteiger partial charge in [-0.05, 0) is 62.1 Å². The lowest BCUT2D eigenvalue weighted by molar-refractivity contribution is -0.116. The first-order valence-corrected chi connectivity index (χ1v) is 9.70. The van der Waals surface area contributed by atoms with Crippen LogP contribution in [0.15, 0.2) is 48.5 Å². The van der Waals surface area contributed by atoms with Crippen molar-refractivity contribution >= 4 is 23.0 Å². The number of rotatable bonds is 5. The number of hydrogen-bond acceptors (Lipinski definition) is 3. The molecule has 0 radical (unpaired) electrons. The highest BCUT2D eigenvalue weighted by atomic mass is 16.1. The van der Waals surface area contributed by atoms with Crippen LogP contribution in [0.25, 0.3) is 0 Å². The quantitative estimate of drug-likeness (QED) is 0.884. The molecule has 4 heteroatoms. The van der Waals surface area contributed by atoms with Crippen molar-refractivity contribution in [3.05, 3.63) is 54.1 Å². The zero-order chi connectivity index (χ0) is 17.9. The number of anilines is 3. The van der Waals surface area contributed by atoms with E-state index in [2.05, 4.69) is 58.4 Å². The fourth-order valence-electron chi connectivity index (χ4n) is 4.15. The third kappa shape index (κ3) is 3.55. The van der Waals surface area contributed by atoms with Crippen LogP contribution < -0.4 is 15.1 Å². The first-order valence-electron chi connectivity index (χ1n) is 9.70. The lowest BCUT2D eigenvalue weighted by Crippen LogP contribution is -2.32. The third-order valence-electron chi connectivity index (χ3n) is 5.55. The van der Waals surface area contributed by atoms with Gasteiger partial charge in [0.15, 0.2) is 0 Å². The molecule has 0 saturated carbocycles. The minimum Gasteiger partial charge on any atom is -0.372 e. The maximum atomic E-state index is 12.4. The van der Waals surface area contributed by atoms with Crippen molar-refractivity contribution in [1.82, 2.24) is 0 Å². The summed E-state index contributed by atoms with van der Waals surface area (Å²) in [5.41, 5.74) is 4.80. The Morgan fingerprint density at radius 1 is 1.08 bits per heavy atom. The van der Waals surface area contributed by atoms with Crippen molar-refractivity contribution < 1.29 is 4.79 Å². The van der Waals surface area contributed by atoms with Crippen LogP contribution in [-0.2, 0) is 11.2 Å². The standard InChI is InChI=1S/C22H27N3O/c1-17-16-18-6-2-3-7-21(18)25(17)15-12-22(26)23-19-8-10-20(11-9-19)24-13-4-5-14-24/h2-3,6-11,17H,4-5,12-16H2,1H3,(H,23,26). The highest BCUT2D eigenvalue weighted by Crippen LogP contribution is 2.31. The van der Waals surface area contributed by atoms with Crippen molar-refractivity contribution in [3.8, 4) is 0 Å². The van der Waals surface area contributed by atoms with E-state index in [0.717, 1.165) is 31.7 Å². The van der Waals surface area contributed by atoms with Crippen LogP contribution in [0.1, 0.15) is 31.7 Å². The maximum Gasteiger partial charge on any atom is 0.226 e. The molecule has 4 rings (SSSR count). The van der Waals surface area contributed by atoms with Gasteiger partial charge in [0.1, 0.15) is 0 Å². The van der Waals surface area contributed by atoms with E-state index in [1.807, 2.05) is 12.1 Å². The molecule has 2 aromatic carbocycles. The van der Waals surface area contributed by atoms with E-state index in [1.54, 1.807) is 0 Å². The first kappa shape index (κ1) is 17.0. The van der Waals surface area contributed by atoms with Gasteiger partial charge in [0.05, 0.1) is 0 Å². The van der Waals surface area contributed by atoms with Gasteiger partial charge in [-0.1, -0.05) is 18.2 Å². The molecule has 1 atom stereocenters. The summed E-state index contributed by atoms with van der Waals surface area (Å²) < 4.78 is 0. The van der Waals surface area contributed by atoms with Gasteiger partial charge in [0, 0.05) is 49.2 Å². The molecule has 1 N–H and O–H groups in total. The monoisotopic (exact) mass is 349 g/mol. The van der Waals surface area contributed by atoms with Crippen LogP contribution in [0, 0.1) is 0 Å². The summed E-state index contributed by atoms with van der Waals surface area (Å²) in [6.45, 7) is 5.27. The fraction of sp³-hybridized carbons (Fsp3) is 0.409. The van der Waals surface area contributed by atoms with Crippen molar-refractivity contribution in [2.24, 2.45) is 0 Å². The normalized spacial score (nSPS) is 18.9. The lowest BCUT2D eigenvalue weighted by Gasteiger charge is -2.24. The molecule has 2 heterocycles. The van der Waals surface area contributed by atoms with Gasteiger partial charge in [0.25, 0.3) is 0 Å². The summed E-state index contributed by atoms with van der Waals surface area (Å²) >= 11 is 0. The summed E-state index contributed by atoms with van der Waals surface area (Å²) in [7, 11) is 0. The predicted molar refractivity (Wildman–Crippen MR) is 108 cm³/mol. The number of para-hydroxylation sites is 1. The number of carbonyl (C=O) groups is 1. The third-order valence-corrected chi connectivity index (χ3v) is 5.55. The van der Waals surface area contributed by atoms with E-state index in [4.69, 9.17) is 0 Å². The number of nitrogens with one attached hydrogen (secondary N) is 1. The van der Waals surface area contributed by atoms with Crippen LogP contribution >= 0.6 is 0 Å². The molecular formula is C22H27N3O. The number of benzene rings is 2. The number of hydrogen-bond donors (Lipinski definition) is 1. The summed E-state index contributed by atoms with van der Waals surface area (Å²) in [5, 5.41) is 3.04. The Labute approximate surface area is 155 Å². The largest absolute Gasteiger partial charge is 0.372 e. The second-order valence-electron chi connectivity index (χ2n) is 7.41. The molecule has 0 spiro atoms. The Balaban J connectivity index is 1.31. The second kappa shape index (κ2) is 7.40. The van der Waals surface area contributed by atoms with E-state index in [9.17, 15) is 4.79 Å². The highest BCUT2D eigenvalue weighted by Gasteiger charge is 2.25. The smallest absolute Gasteiger partial charge is 0.226 e. The van der Waals surface area contributed by atoms with E-state index in [-0.39, 0.29) is 5.91 Å². The summed E-state index contributed by atoms with van der Waals surface area (Å²) in [4.78, 5) is 17.1. The van der Waals surface area contributed by atoms with Gasteiger partial charge < -0.3 is 15.1 Å². The molecule has 0 aliphatic carbocycles. The van der Waals surface area contributed by atoms with Crippen molar-refractivity contribution in [3.63, 3.8) is 0 Å². The molecule has 1 amide bonds. The number of nitrogens with zero attached hydrogens (tertiary/aromatic N) is 2. The molecule has 1 unspecified atom stereocenters.